The fraction of sp³-hybridized carbons (Fsp3) is 0.350. The molecule has 0 radical (unpaired) electrons. The normalized spacial score (nSPS) is 10.8. The van der Waals surface area contributed by atoms with Crippen molar-refractivity contribution in [2.75, 3.05) is 57.7 Å². The minimum Gasteiger partial charge on any atom is -0.497 e. The van der Waals surface area contributed by atoms with Crippen LogP contribution >= 0.6 is 23.2 Å². The maximum Gasteiger partial charge on any atom is 0.246 e. The number of carbonyl (C=O) groups excluding carboxylic acids is 1. The van der Waals surface area contributed by atoms with Crippen LogP contribution in [0.25, 0.3) is 0 Å². The van der Waals surface area contributed by atoms with Gasteiger partial charge in [-0.1, -0.05) is 23.2 Å². The van der Waals surface area contributed by atoms with E-state index in [9.17, 15) is 4.79 Å². The number of carbonyl (C=O) groups is 1. The molecule has 0 aliphatic carbocycles. The number of anilines is 2. The van der Waals surface area contributed by atoms with E-state index in [-0.39, 0.29) is 12.5 Å². The summed E-state index contributed by atoms with van der Waals surface area (Å²) < 4.78 is 5.17. The highest BCUT2D eigenvalue weighted by Gasteiger charge is 2.17. The molecule has 0 fully saturated rings. The number of amides is 1. The number of halogens is 2. The molecule has 2 rings (SSSR count). The number of likely N-dealkylation sites (N-methyl/N-ethyl adjacent to an activating group) is 2. The van der Waals surface area contributed by atoms with E-state index in [0.717, 1.165) is 23.7 Å². The molecule has 0 heterocycles. The van der Waals surface area contributed by atoms with Gasteiger partial charge in [-0.25, -0.2) is 0 Å². The van der Waals surface area contributed by atoms with Crippen LogP contribution in [0.2, 0.25) is 10.0 Å². The lowest BCUT2D eigenvalue weighted by Gasteiger charge is -2.28. The van der Waals surface area contributed by atoms with Crippen molar-refractivity contribution >= 4 is 40.5 Å². The van der Waals surface area contributed by atoms with Gasteiger partial charge in [0.2, 0.25) is 5.91 Å². The molecule has 0 N–H and O–H groups in total. The Kier molecular flexibility index (Phi) is 7.78. The third-order valence-corrected chi connectivity index (χ3v) is 4.98. The van der Waals surface area contributed by atoms with Gasteiger partial charge in [0.1, 0.15) is 5.75 Å². The van der Waals surface area contributed by atoms with Gasteiger partial charge >= 0.3 is 0 Å². The number of hydrogen-bond donors (Lipinski definition) is 0. The van der Waals surface area contributed by atoms with Crippen LogP contribution in [-0.4, -0.2) is 58.7 Å². The Labute approximate surface area is 171 Å². The molecule has 2 aromatic rings. The lowest BCUT2D eigenvalue weighted by Crippen LogP contribution is -2.41. The molecule has 5 nitrogen and oxygen atoms in total. The zero-order valence-corrected chi connectivity index (χ0v) is 17.6. The first kappa shape index (κ1) is 21.4. The Hall–Kier alpha value is -1.95. The fourth-order valence-corrected chi connectivity index (χ4v) is 2.81. The number of hydrogen-bond acceptors (Lipinski definition) is 4. The highest BCUT2D eigenvalue weighted by atomic mass is 35.5. The second-order valence-corrected chi connectivity index (χ2v) is 7.29. The summed E-state index contributed by atoms with van der Waals surface area (Å²) in [5, 5.41) is 0.967. The van der Waals surface area contributed by atoms with Crippen molar-refractivity contribution in [1.82, 2.24) is 4.90 Å². The van der Waals surface area contributed by atoms with Crippen LogP contribution in [0.1, 0.15) is 0 Å². The molecule has 2 aromatic carbocycles. The van der Waals surface area contributed by atoms with E-state index in [4.69, 9.17) is 27.9 Å². The molecule has 0 aliphatic heterocycles. The van der Waals surface area contributed by atoms with E-state index in [1.54, 1.807) is 31.2 Å². The van der Waals surface area contributed by atoms with E-state index in [1.807, 2.05) is 49.3 Å². The van der Waals surface area contributed by atoms with Crippen LogP contribution in [0.15, 0.2) is 42.5 Å². The number of rotatable bonds is 8. The van der Waals surface area contributed by atoms with Gasteiger partial charge in [0, 0.05) is 31.5 Å². The molecule has 146 valence electrons. The van der Waals surface area contributed by atoms with Gasteiger partial charge in [-0.15, -0.1) is 0 Å². The molecule has 0 unspecified atom stereocenters. The zero-order chi connectivity index (χ0) is 20.0. The molecule has 0 bridgehead atoms. The summed E-state index contributed by atoms with van der Waals surface area (Å²) in [5.41, 5.74) is 1.67. The van der Waals surface area contributed by atoms with Crippen molar-refractivity contribution in [3.8, 4) is 5.75 Å². The smallest absolute Gasteiger partial charge is 0.246 e. The van der Waals surface area contributed by atoms with Gasteiger partial charge in [-0.3, -0.25) is 4.79 Å². The van der Waals surface area contributed by atoms with Crippen molar-refractivity contribution in [3.05, 3.63) is 52.5 Å². The van der Waals surface area contributed by atoms with Crippen molar-refractivity contribution in [2.45, 2.75) is 0 Å². The fourth-order valence-electron chi connectivity index (χ4n) is 2.52. The lowest BCUT2D eigenvalue weighted by molar-refractivity contribution is -0.117. The van der Waals surface area contributed by atoms with E-state index in [0.29, 0.717) is 16.6 Å². The standard InChI is InChI=1S/C20H25Cl2N3O2/c1-23(2)11-12-25(16-7-10-18(21)19(22)13-16)14-20(26)24(3)15-5-8-17(27-4)9-6-15/h5-10,13H,11-12,14H2,1-4H3. The summed E-state index contributed by atoms with van der Waals surface area (Å²) in [6.07, 6.45) is 0. The average molecular weight is 410 g/mol. The van der Waals surface area contributed by atoms with Gasteiger partial charge in [-0.05, 0) is 56.6 Å². The van der Waals surface area contributed by atoms with Crippen LogP contribution in [0, 0.1) is 0 Å². The van der Waals surface area contributed by atoms with E-state index in [1.165, 1.54) is 0 Å². The predicted molar refractivity (Wildman–Crippen MR) is 114 cm³/mol. The quantitative estimate of drug-likeness (QED) is 0.659. The number of methoxy groups -OCH3 is 1. The van der Waals surface area contributed by atoms with Gasteiger partial charge in [0.15, 0.2) is 0 Å². The number of nitrogens with zero attached hydrogens (tertiary/aromatic N) is 3. The van der Waals surface area contributed by atoms with Crippen molar-refractivity contribution in [3.63, 3.8) is 0 Å². The molecule has 0 saturated carbocycles. The third-order valence-electron chi connectivity index (χ3n) is 4.25. The topological polar surface area (TPSA) is 36.0 Å². The van der Waals surface area contributed by atoms with Gasteiger partial charge in [0.25, 0.3) is 0 Å². The first-order chi connectivity index (χ1) is 12.8. The summed E-state index contributed by atoms with van der Waals surface area (Å²) in [7, 11) is 7.38. The van der Waals surface area contributed by atoms with Crippen molar-refractivity contribution in [1.29, 1.82) is 0 Å². The highest BCUT2D eigenvalue weighted by Crippen LogP contribution is 2.27. The van der Waals surface area contributed by atoms with Gasteiger partial charge in [0.05, 0.1) is 23.7 Å². The highest BCUT2D eigenvalue weighted by molar-refractivity contribution is 6.42. The molecular weight excluding hydrogens is 385 g/mol. The summed E-state index contributed by atoms with van der Waals surface area (Å²) >= 11 is 12.2. The largest absolute Gasteiger partial charge is 0.497 e. The zero-order valence-electron chi connectivity index (χ0n) is 16.1. The Bertz CT molecular complexity index is 766. The molecule has 0 atom stereocenters. The molecular formula is C20H25Cl2N3O2. The Balaban J connectivity index is 2.16. The molecule has 7 heteroatoms. The first-order valence-electron chi connectivity index (χ1n) is 8.57. The Morgan fingerprint density at radius 3 is 2.11 bits per heavy atom. The third kappa shape index (κ3) is 6.03. The van der Waals surface area contributed by atoms with Gasteiger partial charge in [-0.2, -0.15) is 0 Å². The minimum atomic E-state index is -0.0232. The van der Waals surface area contributed by atoms with Crippen molar-refractivity contribution < 1.29 is 9.53 Å². The summed E-state index contributed by atoms with van der Waals surface area (Å²) in [5.74, 6) is 0.730. The van der Waals surface area contributed by atoms with E-state index in [2.05, 4.69) is 4.90 Å². The maximum absolute atomic E-state index is 12.9. The van der Waals surface area contributed by atoms with Gasteiger partial charge < -0.3 is 19.4 Å². The molecule has 1 amide bonds. The monoisotopic (exact) mass is 409 g/mol. The first-order valence-corrected chi connectivity index (χ1v) is 9.32. The van der Waals surface area contributed by atoms with Crippen LogP contribution in [-0.2, 0) is 4.79 Å². The average Bonchev–Trinajstić information content (AvgIpc) is 2.66. The van der Waals surface area contributed by atoms with E-state index < -0.39 is 0 Å². The molecule has 0 saturated heterocycles. The molecule has 0 spiro atoms. The summed E-state index contributed by atoms with van der Waals surface area (Å²) in [4.78, 5) is 18.6. The molecule has 0 aliphatic rings. The Morgan fingerprint density at radius 2 is 1.56 bits per heavy atom. The van der Waals surface area contributed by atoms with Crippen LogP contribution < -0.4 is 14.5 Å². The minimum absolute atomic E-state index is 0.0232. The van der Waals surface area contributed by atoms with Crippen LogP contribution in [0.3, 0.4) is 0 Å². The van der Waals surface area contributed by atoms with Crippen LogP contribution in [0.5, 0.6) is 5.75 Å². The summed E-state index contributed by atoms with van der Waals surface area (Å²) in [6, 6.07) is 12.8. The SMILES string of the molecule is COc1ccc(N(C)C(=O)CN(CCN(C)C)c2ccc(Cl)c(Cl)c2)cc1. The number of ether oxygens (including phenoxy) is 1. The molecule has 27 heavy (non-hydrogen) atoms. The summed E-state index contributed by atoms with van der Waals surface area (Å²) in [6.45, 7) is 1.72. The number of benzene rings is 2. The van der Waals surface area contributed by atoms with Crippen LogP contribution in [0.4, 0.5) is 11.4 Å². The maximum atomic E-state index is 12.9. The second-order valence-electron chi connectivity index (χ2n) is 6.47. The lowest BCUT2D eigenvalue weighted by atomic mass is 10.2. The predicted octanol–water partition coefficient (Wildman–Crippen LogP) is 4.03. The van der Waals surface area contributed by atoms with E-state index >= 15 is 0 Å². The van der Waals surface area contributed by atoms with Crippen molar-refractivity contribution in [2.24, 2.45) is 0 Å². The molecule has 0 aromatic heterocycles. The second kappa shape index (κ2) is 9.83. The Morgan fingerprint density at radius 1 is 0.926 bits per heavy atom.